The van der Waals surface area contributed by atoms with Crippen LogP contribution in [0.25, 0.3) is 33.4 Å². The van der Waals surface area contributed by atoms with Crippen LogP contribution in [0, 0.1) is 0 Å². The first kappa shape index (κ1) is 13.9. The van der Waals surface area contributed by atoms with Crippen LogP contribution in [0.4, 0.5) is 0 Å². The zero-order chi connectivity index (χ0) is 15.6. The number of fused-ring (bicyclic) bond motifs is 1. The second-order valence-corrected chi connectivity index (χ2v) is 5.62. The van der Waals surface area contributed by atoms with Crippen molar-refractivity contribution in [1.82, 2.24) is 9.97 Å². The van der Waals surface area contributed by atoms with Crippen molar-refractivity contribution in [2.24, 2.45) is 0 Å². The zero-order valence-electron chi connectivity index (χ0n) is 12.3. The minimum Gasteiger partial charge on any atom is -0.243 e. The topological polar surface area (TPSA) is 25.8 Å². The van der Waals surface area contributed by atoms with Crippen molar-refractivity contribution in [2.75, 3.05) is 0 Å². The first-order chi connectivity index (χ1) is 11.3. The Morgan fingerprint density at radius 1 is 0.565 bits per heavy atom. The summed E-state index contributed by atoms with van der Waals surface area (Å²) in [5, 5.41) is 0.423. The Hall–Kier alpha value is -2.71. The Bertz CT molecular complexity index is 981. The number of hydrogen-bond acceptors (Lipinski definition) is 2. The van der Waals surface area contributed by atoms with Gasteiger partial charge in [0.05, 0.1) is 11.0 Å². The Labute approximate surface area is 139 Å². The third kappa shape index (κ3) is 2.58. The highest BCUT2D eigenvalue weighted by molar-refractivity contribution is 6.32. The van der Waals surface area contributed by atoms with Crippen LogP contribution in [0.15, 0.2) is 78.9 Å². The molecular weight excluding hydrogens is 304 g/mol. The van der Waals surface area contributed by atoms with E-state index in [9.17, 15) is 0 Å². The minimum absolute atomic E-state index is 0.423. The van der Waals surface area contributed by atoms with E-state index in [-0.39, 0.29) is 0 Å². The molecule has 4 rings (SSSR count). The van der Waals surface area contributed by atoms with Gasteiger partial charge in [-0.05, 0) is 23.3 Å². The number of rotatable bonds is 2. The van der Waals surface area contributed by atoms with E-state index < -0.39 is 0 Å². The van der Waals surface area contributed by atoms with Crippen LogP contribution in [-0.4, -0.2) is 9.97 Å². The number of para-hydroxylation sites is 2. The lowest BCUT2D eigenvalue weighted by molar-refractivity contribution is 1.29. The van der Waals surface area contributed by atoms with Crippen LogP contribution in [-0.2, 0) is 0 Å². The molecule has 0 bridgehead atoms. The summed E-state index contributed by atoms with van der Waals surface area (Å²) in [6.07, 6.45) is 0. The van der Waals surface area contributed by atoms with Gasteiger partial charge in [-0.25, -0.2) is 9.97 Å². The first-order valence-electron chi connectivity index (χ1n) is 7.40. The van der Waals surface area contributed by atoms with Crippen LogP contribution in [0.1, 0.15) is 0 Å². The molecule has 110 valence electrons. The molecule has 0 fully saturated rings. The molecular formula is C20H13ClN2. The molecule has 3 heteroatoms. The number of nitrogens with zero attached hydrogens (tertiary/aromatic N) is 2. The maximum absolute atomic E-state index is 6.42. The normalized spacial score (nSPS) is 10.8. The quantitative estimate of drug-likeness (QED) is 0.480. The van der Waals surface area contributed by atoms with Gasteiger partial charge in [-0.1, -0.05) is 78.3 Å². The van der Waals surface area contributed by atoms with Gasteiger partial charge < -0.3 is 0 Å². The van der Waals surface area contributed by atoms with E-state index in [0.29, 0.717) is 10.8 Å². The second-order valence-electron chi connectivity index (χ2n) is 5.26. The molecule has 0 aliphatic rings. The molecule has 0 radical (unpaired) electrons. The van der Waals surface area contributed by atoms with Crippen LogP contribution < -0.4 is 0 Å². The van der Waals surface area contributed by atoms with Crippen molar-refractivity contribution in [1.29, 1.82) is 0 Å². The van der Waals surface area contributed by atoms with Crippen molar-refractivity contribution in [3.05, 3.63) is 84.0 Å². The van der Waals surface area contributed by atoms with Crippen molar-refractivity contribution in [3.8, 4) is 22.4 Å². The molecule has 4 aromatic rings. The van der Waals surface area contributed by atoms with Crippen molar-refractivity contribution < 1.29 is 0 Å². The predicted molar refractivity (Wildman–Crippen MR) is 95.4 cm³/mol. The van der Waals surface area contributed by atoms with E-state index in [1.54, 1.807) is 0 Å². The van der Waals surface area contributed by atoms with Gasteiger partial charge in [-0.3, -0.25) is 0 Å². The van der Waals surface area contributed by atoms with Crippen molar-refractivity contribution in [2.45, 2.75) is 0 Å². The number of halogens is 1. The zero-order valence-corrected chi connectivity index (χ0v) is 13.0. The SMILES string of the molecule is Clc1nc2ccccc2nc1-c1ccccc1-c1ccccc1. The largest absolute Gasteiger partial charge is 0.243 e. The van der Waals surface area contributed by atoms with Gasteiger partial charge in [0, 0.05) is 5.56 Å². The first-order valence-corrected chi connectivity index (χ1v) is 7.78. The van der Waals surface area contributed by atoms with Gasteiger partial charge in [0.25, 0.3) is 0 Å². The molecule has 2 nitrogen and oxygen atoms in total. The molecule has 1 aromatic heterocycles. The predicted octanol–water partition coefficient (Wildman–Crippen LogP) is 5.62. The van der Waals surface area contributed by atoms with E-state index >= 15 is 0 Å². The molecule has 0 amide bonds. The highest BCUT2D eigenvalue weighted by Crippen LogP contribution is 2.34. The lowest BCUT2D eigenvalue weighted by Crippen LogP contribution is -1.93. The molecule has 0 aliphatic carbocycles. The van der Waals surface area contributed by atoms with E-state index in [1.807, 2.05) is 60.7 Å². The van der Waals surface area contributed by atoms with Gasteiger partial charge in [-0.15, -0.1) is 0 Å². The molecule has 0 saturated carbocycles. The van der Waals surface area contributed by atoms with E-state index in [4.69, 9.17) is 16.6 Å². The monoisotopic (exact) mass is 316 g/mol. The fourth-order valence-corrected chi connectivity index (χ4v) is 2.94. The average molecular weight is 317 g/mol. The number of benzene rings is 3. The Morgan fingerprint density at radius 2 is 1.13 bits per heavy atom. The standard InChI is InChI=1S/C20H13ClN2/c21-20-19(22-17-12-6-7-13-18(17)23-20)16-11-5-4-10-15(16)14-8-2-1-3-9-14/h1-13H. The highest BCUT2D eigenvalue weighted by atomic mass is 35.5. The van der Waals surface area contributed by atoms with Gasteiger partial charge >= 0.3 is 0 Å². The Kier molecular flexibility index (Phi) is 3.52. The molecule has 3 aromatic carbocycles. The minimum atomic E-state index is 0.423. The lowest BCUT2D eigenvalue weighted by atomic mass is 9.98. The molecule has 0 unspecified atom stereocenters. The summed E-state index contributed by atoms with van der Waals surface area (Å²) in [4.78, 5) is 9.23. The van der Waals surface area contributed by atoms with Gasteiger partial charge in [0.1, 0.15) is 5.69 Å². The maximum Gasteiger partial charge on any atom is 0.156 e. The van der Waals surface area contributed by atoms with Gasteiger partial charge in [0.2, 0.25) is 0 Å². The summed E-state index contributed by atoms with van der Waals surface area (Å²) in [5.74, 6) is 0. The summed E-state index contributed by atoms with van der Waals surface area (Å²) in [7, 11) is 0. The van der Waals surface area contributed by atoms with Crippen LogP contribution >= 0.6 is 11.6 Å². The van der Waals surface area contributed by atoms with Crippen LogP contribution in [0.2, 0.25) is 5.15 Å². The molecule has 0 N–H and O–H groups in total. The summed E-state index contributed by atoms with van der Waals surface area (Å²) in [5.41, 5.74) is 5.58. The average Bonchev–Trinajstić information content (AvgIpc) is 2.62. The molecule has 0 spiro atoms. The van der Waals surface area contributed by atoms with E-state index in [1.165, 1.54) is 0 Å². The Balaban J connectivity index is 1.97. The summed E-state index contributed by atoms with van der Waals surface area (Å²) >= 11 is 6.42. The summed E-state index contributed by atoms with van der Waals surface area (Å²) in [6.45, 7) is 0. The molecule has 0 atom stereocenters. The molecule has 0 saturated heterocycles. The third-order valence-electron chi connectivity index (χ3n) is 3.79. The van der Waals surface area contributed by atoms with Crippen LogP contribution in [0.5, 0.6) is 0 Å². The van der Waals surface area contributed by atoms with Crippen LogP contribution in [0.3, 0.4) is 0 Å². The summed E-state index contributed by atoms with van der Waals surface area (Å²) in [6, 6.07) is 26.1. The maximum atomic E-state index is 6.42. The fourth-order valence-electron chi connectivity index (χ4n) is 2.71. The van der Waals surface area contributed by atoms with Crippen molar-refractivity contribution >= 4 is 22.6 Å². The van der Waals surface area contributed by atoms with E-state index in [0.717, 1.165) is 27.7 Å². The van der Waals surface area contributed by atoms with Gasteiger partial charge in [0.15, 0.2) is 5.15 Å². The lowest BCUT2D eigenvalue weighted by Gasteiger charge is -2.11. The fraction of sp³-hybridized carbons (Fsp3) is 0. The second kappa shape index (κ2) is 5.82. The van der Waals surface area contributed by atoms with E-state index in [2.05, 4.69) is 23.2 Å². The number of hydrogen-bond donors (Lipinski definition) is 0. The Morgan fingerprint density at radius 3 is 1.87 bits per heavy atom. The number of aromatic nitrogens is 2. The highest BCUT2D eigenvalue weighted by Gasteiger charge is 2.13. The van der Waals surface area contributed by atoms with Gasteiger partial charge in [-0.2, -0.15) is 0 Å². The van der Waals surface area contributed by atoms with Crippen molar-refractivity contribution in [3.63, 3.8) is 0 Å². The molecule has 23 heavy (non-hydrogen) atoms. The third-order valence-corrected chi connectivity index (χ3v) is 4.06. The molecule has 0 aliphatic heterocycles. The molecule has 1 heterocycles. The smallest absolute Gasteiger partial charge is 0.156 e. The summed E-state index contributed by atoms with van der Waals surface area (Å²) < 4.78 is 0.